The van der Waals surface area contributed by atoms with Crippen molar-refractivity contribution in [1.82, 2.24) is 15.1 Å². The highest BCUT2D eigenvalue weighted by Crippen LogP contribution is 2.10. The zero-order valence-electron chi connectivity index (χ0n) is 10.7. The number of aromatic nitrogens is 2. The standard InChI is InChI=1S/C11H18N4O3/c1-7(4-10(16)17)5-12-11(18)13-9-6-15(3)14-8(9)2/h6-7H,4-5H2,1-3H3,(H,16,17)(H2,12,13,18). The predicted octanol–water partition coefficient (Wildman–Crippen LogP) is 0.961. The van der Waals surface area contributed by atoms with Crippen LogP contribution in [0.4, 0.5) is 10.5 Å². The molecule has 0 aliphatic carbocycles. The summed E-state index contributed by atoms with van der Waals surface area (Å²) >= 11 is 0. The molecular weight excluding hydrogens is 236 g/mol. The molecule has 0 fully saturated rings. The second-order valence-corrected chi connectivity index (χ2v) is 4.34. The quantitative estimate of drug-likeness (QED) is 0.729. The van der Waals surface area contributed by atoms with E-state index in [4.69, 9.17) is 5.11 Å². The van der Waals surface area contributed by atoms with Crippen molar-refractivity contribution in [2.75, 3.05) is 11.9 Å². The highest BCUT2D eigenvalue weighted by molar-refractivity contribution is 5.89. The van der Waals surface area contributed by atoms with Crippen LogP contribution in [0.25, 0.3) is 0 Å². The first-order valence-electron chi connectivity index (χ1n) is 5.65. The Hall–Kier alpha value is -2.05. The molecule has 1 atom stereocenters. The third-order valence-corrected chi connectivity index (χ3v) is 2.40. The molecule has 1 heterocycles. The van der Waals surface area contributed by atoms with Crippen LogP contribution in [-0.2, 0) is 11.8 Å². The lowest BCUT2D eigenvalue weighted by molar-refractivity contribution is -0.137. The second kappa shape index (κ2) is 6.04. The van der Waals surface area contributed by atoms with Gasteiger partial charge in [0.15, 0.2) is 0 Å². The molecule has 1 unspecified atom stereocenters. The molecule has 0 saturated heterocycles. The van der Waals surface area contributed by atoms with Gasteiger partial charge in [-0.1, -0.05) is 6.92 Å². The lowest BCUT2D eigenvalue weighted by Gasteiger charge is -2.10. The Bertz CT molecular complexity index is 441. The van der Waals surface area contributed by atoms with E-state index in [0.29, 0.717) is 12.2 Å². The molecule has 0 aromatic carbocycles. The Morgan fingerprint density at radius 1 is 1.56 bits per heavy atom. The number of hydrogen-bond acceptors (Lipinski definition) is 3. The Kier molecular flexibility index (Phi) is 4.70. The molecule has 7 heteroatoms. The number of carboxylic acid groups (broad SMARTS) is 1. The second-order valence-electron chi connectivity index (χ2n) is 4.34. The van der Waals surface area contributed by atoms with E-state index in [9.17, 15) is 9.59 Å². The number of amides is 2. The van der Waals surface area contributed by atoms with E-state index in [0.717, 1.165) is 5.69 Å². The minimum absolute atomic E-state index is 0.0339. The summed E-state index contributed by atoms with van der Waals surface area (Å²) in [5.41, 5.74) is 1.37. The summed E-state index contributed by atoms with van der Waals surface area (Å²) < 4.78 is 1.61. The largest absolute Gasteiger partial charge is 0.481 e. The van der Waals surface area contributed by atoms with Crippen LogP contribution < -0.4 is 10.6 Å². The monoisotopic (exact) mass is 254 g/mol. The predicted molar refractivity (Wildman–Crippen MR) is 66.4 cm³/mol. The lowest BCUT2D eigenvalue weighted by atomic mass is 10.1. The van der Waals surface area contributed by atoms with Crippen molar-refractivity contribution in [1.29, 1.82) is 0 Å². The van der Waals surface area contributed by atoms with Crippen molar-refractivity contribution >= 4 is 17.7 Å². The average Bonchev–Trinajstić information content (AvgIpc) is 2.53. The smallest absolute Gasteiger partial charge is 0.319 e. The van der Waals surface area contributed by atoms with Crippen LogP contribution in [-0.4, -0.2) is 33.4 Å². The molecule has 2 amide bonds. The van der Waals surface area contributed by atoms with Crippen molar-refractivity contribution in [2.24, 2.45) is 13.0 Å². The van der Waals surface area contributed by atoms with Crippen molar-refractivity contribution in [3.8, 4) is 0 Å². The van der Waals surface area contributed by atoms with Crippen molar-refractivity contribution in [2.45, 2.75) is 20.3 Å². The number of hydrogen-bond donors (Lipinski definition) is 3. The van der Waals surface area contributed by atoms with Crippen LogP contribution in [0.15, 0.2) is 6.20 Å². The first-order chi connectivity index (χ1) is 8.38. The summed E-state index contributed by atoms with van der Waals surface area (Å²) in [4.78, 5) is 22.0. The number of nitrogens with zero attached hydrogens (tertiary/aromatic N) is 2. The highest BCUT2D eigenvalue weighted by Gasteiger charge is 2.11. The first-order valence-corrected chi connectivity index (χ1v) is 5.65. The van der Waals surface area contributed by atoms with Gasteiger partial charge in [-0.3, -0.25) is 9.48 Å². The molecule has 0 spiro atoms. The van der Waals surface area contributed by atoms with E-state index in [2.05, 4.69) is 15.7 Å². The summed E-state index contributed by atoms with van der Waals surface area (Å²) in [5, 5.41) is 18.0. The molecular formula is C11H18N4O3. The molecule has 3 N–H and O–H groups in total. The van der Waals surface area contributed by atoms with Gasteiger partial charge in [-0.15, -0.1) is 0 Å². The zero-order chi connectivity index (χ0) is 13.7. The number of carbonyl (C=O) groups is 2. The molecule has 1 aromatic rings. The van der Waals surface area contributed by atoms with Crippen LogP contribution in [0.5, 0.6) is 0 Å². The van der Waals surface area contributed by atoms with Gasteiger partial charge in [-0.2, -0.15) is 5.10 Å². The van der Waals surface area contributed by atoms with Gasteiger partial charge >= 0.3 is 12.0 Å². The Morgan fingerprint density at radius 2 is 2.22 bits per heavy atom. The van der Waals surface area contributed by atoms with Gasteiger partial charge in [-0.05, 0) is 12.8 Å². The van der Waals surface area contributed by atoms with E-state index in [1.165, 1.54) is 0 Å². The third-order valence-electron chi connectivity index (χ3n) is 2.40. The molecule has 1 rings (SSSR count). The topological polar surface area (TPSA) is 96.3 Å². The van der Waals surface area contributed by atoms with E-state index in [-0.39, 0.29) is 18.4 Å². The van der Waals surface area contributed by atoms with Crippen LogP contribution in [0, 0.1) is 12.8 Å². The third kappa shape index (κ3) is 4.44. The number of carboxylic acids is 1. The number of anilines is 1. The summed E-state index contributed by atoms with van der Waals surface area (Å²) in [6, 6.07) is -0.358. The summed E-state index contributed by atoms with van der Waals surface area (Å²) in [6.45, 7) is 3.88. The van der Waals surface area contributed by atoms with Crippen molar-refractivity contribution < 1.29 is 14.7 Å². The Morgan fingerprint density at radius 3 is 2.72 bits per heavy atom. The minimum Gasteiger partial charge on any atom is -0.481 e. The molecule has 18 heavy (non-hydrogen) atoms. The van der Waals surface area contributed by atoms with Gasteiger partial charge < -0.3 is 15.7 Å². The number of carbonyl (C=O) groups excluding carboxylic acids is 1. The van der Waals surface area contributed by atoms with E-state index in [1.54, 1.807) is 31.8 Å². The number of aryl methyl sites for hydroxylation is 2. The Balaban J connectivity index is 2.38. The van der Waals surface area contributed by atoms with Gasteiger partial charge in [0.25, 0.3) is 0 Å². The Labute approximate surface area is 105 Å². The maximum absolute atomic E-state index is 11.6. The zero-order valence-corrected chi connectivity index (χ0v) is 10.7. The molecule has 1 aromatic heterocycles. The summed E-state index contributed by atoms with van der Waals surface area (Å²) in [5.74, 6) is -0.976. The van der Waals surface area contributed by atoms with Gasteiger partial charge in [-0.25, -0.2) is 4.79 Å². The fourth-order valence-corrected chi connectivity index (χ4v) is 1.53. The number of rotatable bonds is 5. The van der Waals surface area contributed by atoms with E-state index >= 15 is 0 Å². The van der Waals surface area contributed by atoms with Crippen LogP contribution in [0.1, 0.15) is 19.0 Å². The molecule has 0 aliphatic heterocycles. The molecule has 0 aliphatic rings. The highest BCUT2D eigenvalue weighted by atomic mass is 16.4. The first kappa shape index (κ1) is 14.0. The fraction of sp³-hybridized carbons (Fsp3) is 0.545. The fourth-order valence-electron chi connectivity index (χ4n) is 1.53. The van der Waals surface area contributed by atoms with Gasteiger partial charge in [0, 0.05) is 26.2 Å². The van der Waals surface area contributed by atoms with Gasteiger partial charge in [0.05, 0.1) is 11.4 Å². The number of aliphatic carboxylic acids is 1. The number of nitrogens with one attached hydrogen (secondary N) is 2. The molecule has 0 saturated carbocycles. The molecule has 100 valence electrons. The number of urea groups is 1. The normalized spacial score (nSPS) is 11.9. The van der Waals surface area contributed by atoms with Crippen molar-refractivity contribution in [3.05, 3.63) is 11.9 Å². The SMILES string of the molecule is Cc1nn(C)cc1NC(=O)NCC(C)CC(=O)O. The average molecular weight is 254 g/mol. The lowest BCUT2D eigenvalue weighted by Crippen LogP contribution is -2.33. The van der Waals surface area contributed by atoms with Gasteiger partial charge in [0.1, 0.15) is 0 Å². The van der Waals surface area contributed by atoms with E-state index < -0.39 is 5.97 Å². The maximum atomic E-state index is 11.6. The van der Waals surface area contributed by atoms with Gasteiger partial charge in [0.2, 0.25) is 0 Å². The van der Waals surface area contributed by atoms with Crippen LogP contribution in [0.3, 0.4) is 0 Å². The summed E-state index contributed by atoms with van der Waals surface area (Å²) in [7, 11) is 1.77. The minimum atomic E-state index is -0.868. The van der Waals surface area contributed by atoms with Crippen LogP contribution >= 0.6 is 0 Å². The van der Waals surface area contributed by atoms with Crippen molar-refractivity contribution in [3.63, 3.8) is 0 Å². The maximum Gasteiger partial charge on any atom is 0.319 e. The van der Waals surface area contributed by atoms with Crippen LogP contribution in [0.2, 0.25) is 0 Å². The molecule has 0 bridgehead atoms. The molecule has 7 nitrogen and oxygen atoms in total. The summed E-state index contributed by atoms with van der Waals surface area (Å²) in [6.07, 6.45) is 1.74. The van der Waals surface area contributed by atoms with E-state index in [1.807, 2.05) is 0 Å². The molecule has 0 radical (unpaired) electrons.